The molecule has 2 heterocycles. The molecule has 0 aliphatic carbocycles. The smallest absolute Gasteiger partial charge is 0.271 e. The van der Waals surface area contributed by atoms with E-state index in [9.17, 15) is 19.7 Å². The van der Waals surface area contributed by atoms with E-state index >= 15 is 0 Å². The molecule has 34 heavy (non-hydrogen) atoms. The topological polar surface area (TPSA) is 114 Å². The van der Waals surface area contributed by atoms with Crippen LogP contribution < -0.4 is 5.32 Å². The van der Waals surface area contributed by atoms with E-state index in [4.69, 9.17) is 0 Å². The molecule has 1 fully saturated rings. The van der Waals surface area contributed by atoms with Crippen LogP contribution in [0.4, 0.5) is 11.4 Å². The minimum Gasteiger partial charge on any atom is -0.340 e. The van der Waals surface area contributed by atoms with Gasteiger partial charge in [-0.15, -0.1) is 0 Å². The van der Waals surface area contributed by atoms with Gasteiger partial charge in [-0.25, -0.2) is 0 Å². The van der Waals surface area contributed by atoms with Crippen molar-refractivity contribution in [3.05, 3.63) is 63.8 Å². The molecular weight excluding hydrogens is 436 g/mol. The van der Waals surface area contributed by atoms with Gasteiger partial charge in [0, 0.05) is 55.8 Å². The highest BCUT2D eigenvalue weighted by molar-refractivity contribution is 5.93. The Kier molecular flexibility index (Phi) is 6.87. The molecule has 3 aromatic rings. The Morgan fingerprint density at radius 1 is 1.09 bits per heavy atom. The SMILES string of the molecule is Cc1cccc(C)c1NC(=O)CN1CCN(C(=O)CCn2ncc3ccc([N+](=O)[O-])cc32)CC1. The Morgan fingerprint density at radius 2 is 1.79 bits per heavy atom. The number of fused-ring (bicyclic) bond motifs is 1. The van der Waals surface area contributed by atoms with Gasteiger partial charge >= 0.3 is 0 Å². The summed E-state index contributed by atoms with van der Waals surface area (Å²) in [7, 11) is 0. The van der Waals surface area contributed by atoms with Gasteiger partial charge in [-0.3, -0.25) is 29.3 Å². The van der Waals surface area contributed by atoms with Crippen LogP contribution in [0, 0.1) is 24.0 Å². The molecule has 0 spiro atoms. The molecule has 10 heteroatoms. The number of benzene rings is 2. The number of para-hydroxylation sites is 1. The van der Waals surface area contributed by atoms with Crippen LogP contribution in [-0.4, -0.2) is 69.0 Å². The molecular formula is C24H28N6O4. The third kappa shape index (κ3) is 5.23. The zero-order valence-electron chi connectivity index (χ0n) is 19.4. The molecule has 1 saturated heterocycles. The van der Waals surface area contributed by atoms with E-state index in [0.717, 1.165) is 22.2 Å². The van der Waals surface area contributed by atoms with Crippen LogP contribution in [0.25, 0.3) is 10.9 Å². The number of hydrogen-bond acceptors (Lipinski definition) is 6. The van der Waals surface area contributed by atoms with E-state index in [-0.39, 0.29) is 30.5 Å². The first-order chi connectivity index (χ1) is 16.3. The lowest BCUT2D eigenvalue weighted by Crippen LogP contribution is -2.50. The second kappa shape index (κ2) is 10.0. The summed E-state index contributed by atoms with van der Waals surface area (Å²) in [5.41, 5.74) is 3.56. The minimum absolute atomic E-state index is 0.00155. The molecule has 0 unspecified atom stereocenters. The van der Waals surface area contributed by atoms with Crippen molar-refractivity contribution in [2.24, 2.45) is 0 Å². The fourth-order valence-corrected chi connectivity index (χ4v) is 4.26. The highest BCUT2D eigenvalue weighted by atomic mass is 16.6. The zero-order valence-corrected chi connectivity index (χ0v) is 19.4. The Hall–Kier alpha value is -3.79. The lowest BCUT2D eigenvalue weighted by molar-refractivity contribution is -0.384. The molecule has 1 aromatic heterocycles. The summed E-state index contributed by atoms with van der Waals surface area (Å²) in [6.07, 6.45) is 1.90. The number of amides is 2. The fraction of sp³-hybridized carbons (Fsp3) is 0.375. The molecule has 1 aliphatic heterocycles. The first-order valence-electron chi connectivity index (χ1n) is 11.3. The molecule has 0 bridgehead atoms. The van der Waals surface area contributed by atoms with Crippen LogP contribution in [0.15, 0.2) is 42.6 Å². The summed E-state index contributed by atoms with van der Waals surface area (Å²) in [4.78, 5) is 39.7. The molecule has 0 radical (unpaired) electrons. The van der Waals surface area contributed by atoms with Gasteiger partial charge in [0.05, 0.1) is 29.7 Å². The summed E-state index contributed by atoms with van der Waals surface area (Å²) in [5.74, 6) is -0.0504. The van der Waals surface area contributed by atoms with Crippen molar-refractivity contribution in [2.45, 2.75) is 26.8 Å². The molecule has 10 nitrogen and oxygen atoms in total. The number of anilines is 1. The first kappa shape index (κ1) is 23.4. The largest absolute Gasteiger partial charge is 0.340 e. The third-order valence-electron chi connectivity index (χ3n) is 6.21. The van der Waals surface area contributed by atoms with Crippen LogP contribution in [0.5, 0.6) is 0 Å². The van der Waals surface area contributed by atoms with E-state index in [1.54, 1.807) is 21.8 Å². The first-order valence-corrected chi connectivity index (χ1v) is 11.3. The maximum Gasteiger partial charge on any atom is 0.271 e. The molecule has 178 valence electrons. The van der Waals surface area contributed by atoms with Crippen molar-refractivity contribution >= 4 is 34.1 Å². The number of rotatable bonds is 7. The number of non-ortho nitro benzene ring substituents is 1. The summed E-state index contributed by atoms with van der Waals surface area (Å²) < 4.78 is 1.63. The Bertz CT molecular complexity index is 1210. The average Bonchev–Trinajstić information content (AvgIpc) is 3.22. The Labute approximate surface area is 197 Å². The quantitative estimate of drug-likeness (QED) is 0.425. The number of carbonyl (C=O) groups excluding carboxylic acids is 2. The highest BCUT2D eigenvalue weighted by Crippen LogP contribution is 2.21. The van der Waals surface area contributed by atoms with Gasteiger partial charge in [-0.05, 0) is 31.0 Å². The van der Waals surface area contributed by atoms with Gasteiger partial charge in [-0.1, -0.05) is 18.2 Å². The van der Waals surface area contributed by atoms with E-state index in [0.29, 0.717) is 38.2 Å². The van der Waals surface area contributed by atoms with Crippen molar-refractivity contribution < 1.29 is 14.5 Å². The standard InChI is InChI=1S/C24H28N6O4/c1-17-4-3-5-18(2)24(17)26-22(31)16-27-10-12-28(13-11-27)23(32)8-9-29-21-14-20(30(33)34)7-6-19(21)15-25-29/h3-7,14-15H,8-13,16H2,1-2H3,(H,26,31). The summed E-state index contributed by atoms with van der Waals surface area (Å²) >= 11 is 0. The van der Waals surface area contributed by atoms with Crippen LogP contribution >= 0.6 is 0 Å². The Morgan fingerprint density at radius 3 is 2.47 bits per heavy atom. The number of aromatic nitrogens is 2. The lowest BCUT2D eigenvalue weighted by Gasteiger charge is -2.34. The Balaban J connectivity index is 1.26. The molecule has 1 aliphatic rings. The normalized spacial score (nSPS) is 14.4. The van der Waals surface area contributed by atoms with Gasteiger partial charge in [0.15, 0.2) is 0 Å². The van der Waals surface area contributed by atoms with Crippen molar-refractivity contribution in [1.82, 2.24) is 19.6 Å². The van der Waals surface area contributed by atoms with Crippen LogP contribution in [-0.2, 0) is 16.1 Å². The maximum absolute atomic E-state index is 12.7. The van der Waals surface area contributed by atoms with E-state index in [1.165, 1.54) is 12.1 Å². The van der Waals surface area contributed by atoms with Crippen LogP contribution in [0.1, 0.15) is 17.5 Å². The molecule has 2 aromatic carbocycles. The van der Waals surface area contributed by atoms with E-state index < -0.39 is 4.92 Å². The van der Waals surface area contributed by atoms with Crippen LogP contribution in [0.2, 0.25) is 0 Å². The van der Waals surface area contributed by atoms with Gasteiger partial charge < -0.3 is 10.2 Å². The van der Waals surface area contributed by atoms with Crippen molar-refractivity contribution in [3.8, 4) is 0 Å². The number of aryl methyl sites for hydroxylation is 3. The number of hydrogen-bond donors (Lipinski definition) is 1. The second-order valence-electron chi connectivity index (χ2n) is 8.59. The second-order valence-corrected chi connectivity index (χ2v) is 8.59. The molecule has 0 saturated carbocycles. The van der Waals surface area contributed by atoms with Crippen LogP contribution in [0.3, 0.4) is 0 Å². The van der Waals surface area contributed by atoms with Crippen molar-refractivity contribution in [3.63, 3.8) is 0 Å². The zero-order chi connectivity index (χ0) is 24.2. The predicted octanol–water partition coefficient (Wildman–Crippen LogP) is 2.73. The monoisotopic (exact) mass is 464 g/mol. The van der Waals surface area contributed by atoms with E-state index in [1.807, 2.05) is 36.9 Å². The maximum atomic E-state index is 12.7. The average molecular weight is 465 g/mol. The van der Waals surface area contributed by atoms with Gasteiger partial charge in [0.2, 0.25) is 11.8 Å². The summed E-state index contributed by atoms with van der Waals surface area (Å²) in [6, 6.07) is 10.5. The summed E-state index contributed by atoms with van der Waals surface area (Å²) in [5, 5.41) is 19.1. The van der Waals surface area contributed by atoms with Gasteiger partial charge in [0.25, 0.3) is 5.69 Å². The minimum atomic E-state index is -0.441. The molecule has 1 N–H and O–H groups in total. The van der Waals surface area contributed by atoms with Crippen molar-refractivity contribution in [2.75, 3.05) is 38.0 Å². The number of nitrogens with zero attached hydrogens (tertiary/aromatic N) is 5. The number of nitro groups is 1. The summed E-state index contributed by atoms with van der Waals surface area (Å²) in [6.45, 7) is 6.95. The van der Waals surface area contributed by atoms with Gasteiger partial charge in [-0.2, -0.15) is 5.10 Å². The number of carbonyl (C=O) groups is 2. The number of nitrogens with one attached hydrogen (secondary N) is 1. The van der Waals surface area contributed by atoms with E-state index in [2.05, 4.69) is 10.4 Å². The van der Waals surface area contributed by atoms with Gasteiger partial charge in [0.1, 0.15) is 0 Å². The lowest BCUT2D eigenvalue weighted by atomic mass is 10.1. The molecule has 4 rings (SSSR count). The predicted molar refractivity (Wildman–Crippen MR) is 129 cm³/mol. The fourth-order valence-electron chi connectivity index (χ4n) is 4.26. The third-order valence-corrected chi connectivity index (χ3v) is 6.21. The van der Waals surface area contributed by atoms with Crippen molar-refractivity contribution in [1.29, 1.82) is 0 Å². The highest BCUT2D eigenvalue weighted by Gasteiger charge is 2.23. The molecule has 2 amide bonds. The number of piperazine rings is 1. The molecule has 0 atom stereocenters. The number of nitro benzene ring substituents is 1.